The summed E-state index contributed by atoms with van der Waals surface area (Å²) in [6, 6.07) is 3.05. The van der Waals surface area contributed by atoms with Crippen molar-refractivity contribution in [3.63, 3.8) is 0 Å². The standard InChI is InChI=1S/C11H12Cl2N2O4/c12-4-1-6-7(2-5(4)13)15-11(14-6)10(19)9(18)8(17)3-16/h1-2,8-10,16-19H,3H2,(H,14,15)/t8?,9?,10-/m1/s1. The molecule has 2 rings (SSSR count). The van der Waals surface area contributed by atoms with Gasteiger partial charge in [0.2, 0.25) is 0 Å². The van der Waals surface area contributed by atoms with Gasteiger partial charge in [0.25, 0.3) is 0 Å². The Bertz CT molecular complexity index is 550. The van der Waals surface area contributed by atoms with E-state index in [9.17, 15) is 15.3 Å². The molecule has 0 aliphatic heterocycles. The molecule has 0 bridgehead atoms. The van der Waals surface area contributed by atoms with Crippen LogP contribution in [0.15, 0.2) is 12.1 Å². The summed E-state index contributed by atoms with van der Waals surface area (Å²) in [7, 11) is 0. The average Bonchev–Trinajstić information content (AvgIpc) is 2.79. The van der Waals surface area contributed by atoms with Crippen molar-refractivity contribution in [1.29, 1.82) is 0 Å². The topological polar surface area (TPSA) is 110 Å². The molecule has 1 aromatic carbocycles. The van der Waals surface area contributed by atoms with Gasteiger partial charge in [-0.1, -0.05) is 23.2 Å². The minimum Gasteiger partial charge on any atom is -0.394 e. The molecule has 0 fully saturated rings. The smallest absolute Gasteiger partial charge is 0.140 e. The van der Waals surface area contributed by atoms with E-state index < -0.39 is 24.9 Å². The summed E-state index contributed by atoms with van der Waals surface area (Å²) in [5, 5.41) is 38.1. The van der Waals surface area contributed by atoms with Gasteiger partial charge in [0.05, 0.1) is 27.7 Å². The zero-order chi connectivity index (χ0) is 14.2. The molecule has 0 aliphatic carbocycles. The maximum absolute atomic E-state index is 9.85. The fraction of sp³-hybridized carbons (Fsp3) is 0.364. The highest BCUT2D eigenvalue weighted by atomic mass is 35.5. The van der Waals surface area contributed by atoms with E-state index in [0.717, 1.165) is 0 Å². The number of aromatic nitrogens is 2. The van der Waals surface area contributed by atoms with Gasteiger partial charge in [-0.3, -0.25) is 0 Å². The largest absolute Gasteiger partial charge is 0.394 e. The molecule has 8 heteroatoms. The number of hydrogen-bond acceptors (Lipinski definition) is 5. The van der Waals surface area contributed by atoms with Crippen molar-refractivity contribution in [2.45, 2.75) is 18.3 Å². The first kappa shape index (κ1) is 14.5. The number of halogens is 2. The summed E-state index contributed by atoms with van der Waals surface area (Å²) in [5.74, 6) is 0.0494. The number of H-pyrrole nitrogens is 1. The lowest BCUT2D eigenvalue weighted by Crippen LogP contribution is -2.35. The van der Waals surface area contributed by atoms with Crippen LogP contribution in [0.4, 0.5) is 0 Å². The van der Waals surface area contributed by atoms with E-state index in [1.165, 1.54) is 12.1 Å². The third-order valence-corrected chi connectivity index (χ3v) is 3.45. The molecular formula is C11H12Cl2N2O4. The fourth-order valence-corrected chi connectivity index (χ4v) is 1.97. The van der Waals surface area contributed by atoms with Crippen molar-refractivity contribution in [3.8, 4) is 0 Å². The molecule has 19 heavy (non-hydrogen) atoms. The Kier molecular flexibility index (Phi) is 4.29. The highest BCUT2D eigenvalue weighted by molar-refractivity contribution is 6.42. The molecule has 2 unspecified atom stereocenters. The Morgan fingerprint density at radius 3 is 2.42 bits per heavy atom. The lowest BCUT2D eigenvalue weighted by Gasteiger charge is -2.19. The summed E-state index contributed by atoms with van der Waals surface area (Å²) in [5.41, 5.74) is 1.00. The second kappa shape index (κ2) is 5.62. The maximum Gasteiger partial charge on any atom is 0.140 e. The molecule has 0 aliphatic rings. The van der Waals surface area contributed by atoms with Gasteiger partial charge in [0.1, 0.15) is 24.1 Å². The molecule has 0 saturated heterocycles. The zero-order valence-corrected chi connectivity index (χ0v) is 11.1. The van der Waals surface area contributed by atoms with Crippen LogP contribution in [0.3, 0.4) is 0 Å². The van der Waals surface area contributed by atoms with E-state index in [0.29, 0.717) is 21.1 Å². The van der Waals surface area contributed by atoms with Crippen molar-refractivity contribution in [3.05, 3.63) is 28.0 Å². The number of nitrogens with zero attached hydrogens (tertiary/aromatic N) is 1. The Morgan fingerprint density at radius 2 is 1.79 bits per heavy atom. The van der Waals surface area contributed by atoms with E-state index in [4.69, 9.17) is 28.3 Å². The second-order valence-corrected chi connectivity index (χ2v) is 4.91. The molecule has 6 nitrogen and oxygen atoms in total. The number of benzene rings is 1. The molecule has 0 spiro atoms. The summed E-state index contributed by atoms with van der Waals surface area (Å²) in [4.78, 5) is 6.82. The third kappa shape index (κ3) is 2.84. The van der Waals surface area contributed by atoms with E-state index >= 15 is 0 Å². The Morgan fingerprint density at radius 1 is 1.16 bits per heavy atom. The lowest BCUT2D eigenvalue weighted by atomic mass is 10.1. The number of rotatable bonds is 4. The van der Waals surface area contributed by atoms with Gasteiger partial charge in [-0.2, -0.15) is 0 Å². The van der Waals surface area contributed by atoms with Crippen LogP contribution < -0.4 is 0 Å². The van der Waals surface area contributed by atoms with E-state index in [2.05, 4.69) is 9.97 Å². The Labute approximate surface area is 118 Å². The summed E-state index contributed by atoms with van der Waals surface area (Å²) in [6.45, 7) is -0.671. The van der Waals surface area contributed by atoms with Crippen molar-refractivity contribution in [2.75, 3.05) is 6.61 Å². The van der Waals surface area contributed by atoms with E-state index in [-0.39, 0.29) is 5.82 Å². The quantitative estimate of drug-likeness (QED) is 0.569. The number of nitrogens with one attached hydrogen (secondary N) is 1. The van der Waals surface area contributed by atoms with Crippen LogP contribution >= 0.6 is 23.2 Å². The Hall–Kier alpha value is -0.890. The molecule has 0 saturated carbocycles. The van der Waals surface area contributed by atoms with E-state index in [1.807, 2.05) is 0 Å². The maximum atomic E-state index is 9.85. The van der Waals surface area contributed by atoms with Crippen molar-refractivity contribution < 1.29 is 20.4 Å². The van der Waals surface area contributed by atoms with Gasteiger partial charge in [-0.25, -0.2) is 4.98 Å². The summed E-state index contributed by atoms with van der Waals surface area (Å²) < 4.78 is 0. The van der Waals surface area contributed by atoms with Crippen LogP contribution in [0, 0.1) is 0 Å². The van der Waals surface area contributed by atoms with Crippen LogP contribution in [0.2, 0.25) is 10.0 Å². The van der Waals surface area contributed by atoms with Crippen molar-refractivity contribution in [2.24, 2.45) is 0 Å². The van der Waals surface area contributed by atoms with Gasteiger partial charge in [-0.15, -0.1) is 0 Å². The molecule has 0 amide bonds. The zero-order valence-electron chi connectivity index (χ0n) is 9.59. The molecule has 3 atom stereocenters. The van der Waals surface area contributed by atoms with Gasteiger partial charge in [0.15, 0.2) is 0 Å². The van der Waals surface area contributed by atoms with Crippen LogP contribution in [-0.2, 0) is 0 Å². The lowest BCUT2D eigenvalue weighted by molar-refractivity contribution is -0.0800. The number of aromatic amines is 1. The Balaban J connectivity index is 2.35. The molecule has 5 N–H and O–H groups in total. The SMILES string of the molecule is OCC(O)C(O)[C@@H](O)c1nc2cc(Cl)c(Cl)cc2[nH]1. The van der Waals surface area contributed by atoms with Gasteiger partial charge < -0.3 is 25.4 Å². The molecule has 0 radical (unpaired) electrons. The number of aliphatic hydroxyl groups excluding tert-OH is 4. The third-order valence-electron chi connectivity index (χ3n) is 2.73. The number of aliphatic hydroxyl groups is 4. The van der Waals surface area contributed by atoms with Gasteiger partial charge in [0, 0.05) is 0 Å². The van der Waals surface area contributed by atoms with Crippen LogP contribution in [0.5, 0.6) is 0 Å². The number of imidazole rings is 1. The minimum atomic E-state index is -1.56. The minimum absolute atomic E-state index is 0.0494. The van der Waals surface area contributed by atoms with Crippen molar-refractivity contribution >= 4 is 34.2 Å². The molecule has 1 aromatic heterocycles. The second-order valence-electron chi connectivity index (χ2n) is 4.09. The average molecular weight is 307 g/mol. The van der Waals surface area contributed by atoms with Crippen LogP contribution in [0.25, 0.3) is 11.0 Å². The first-order chi connectivity index (χ1) is 8.93. The summed E-state index contributed by atoms with van der Waals surface area (Å²) in [6.07, 6.45) is -4.49. The molecule has 2 aromatic rings. The fourth-order valence-electron chi connectivity index (χ4n) is 1.64. The van der Waals surface area contributed by atoms with Crippen LogP contribution in [-0.4, -0.2) is 49.2 Å². The molecule has 104 valence electrons. The van der Waals surface area contributed by atoms with Gasteiger partial charge >= 0.3 is 0 Å². The number of fused-ring (bicyclic) bond motifs is 1. The van der Waals surface area contributed by atoms with E-state index in [1.54, 1.807) is 0 Å². The highest BCUT2D eigenvalue weighted by Gasteiger charge is 2.27. The predicted molar refractivity (Wildman–Crippen MR) is 70.2 cm³/mol. The van der Waals surface area contributed by atoms with Crippen LogP contribution in [0.1, 0.15) is 11.9 Å². The first-order valence-corrected chi connectivity index (χ1v) is 6.19. The first-order valence-electron chi connectivity index (χ1n) is 5.43. The monoisotopic (exact) mass is 306 g/mol. The predicted octanol–water partition coefficient (Wildman–Crippen LogP) is 0.617. The summed E-state index contributed by atoms with van der Waals surface area (Å²) >= 11 is 11.7. The van der Waals surface area contributed by atoms with Crippen molar-refractivity contribution in [1.82, 2.24) is 9.97 Å². The van der Waals surface area contributed by atoms with Gasteiger partial charge in [-0.05, 0) is 12.1 Å². The molecule has 1 heterocycles. The number of hydrogen-bond donors (Lipinski definition) is 5. The highest BCUT2D eigenvalue weighted by Crippen LogP contribution is 2.28. The molecular weight excluding hydrogens is 295 g/mol. The normalized spacial score (nSPS) is 16.5.